The van der Waals surface area contributed by atoms with Crippen LogP contribution in [0.2, 0.25) is 14.8 Å². The van der Waals surface area contributed by atoms with Crippen LogP contribution in [0.25, 0.3) is 10.4 Å². The quantitative estimate of drug-likeness (QED) is 0.263. The Labute approximate surface area is 176 Å². The molecule has 28 heavy (non-hydrogen) atoms. The summed E-state index contributed by atoms with van der Waals surface area (Å²) in [5.74, 6) is 0. The Morgan fingerprint density at radius 1 is 0.571 bits per heavy atom. The Bertz CT molecular complexity index is 992. The molecule has 0 spiro atoms. The zero-order chi connectivity index (χ0) is 19.6. The van der Waals surface area contributed by atoms with Crippen molar-refractivity contribution in [1.29, 1.82) is 0 Å². The molecule has 4 aromatic rings. The van der Waals surface area contributed by atoms with Crippen LogP contribution in [0.15, 0.2) is 97.1 Å². The third-order valence-electron chi connectivity index (χ3n) is 4.78. The second kappa shape index (κ2) is 8.14. The predicted octanol–water partition coefficient (Wildman–Crippen LogP) is 7.43. The van der Waals surface area contributed by atoms with Gasteiger partial charge in [-0.25, -0.2) is 0 Å². The third-order valence-corrected chi connectivity index (χ3v) is 15.4. The number of hydrogen-bond acceptors (Lipinski definition) is 2. The minimum atomic E-state index is -1.99. The Kier molecular flexibility index (Phi) is 5.60. The predicted molar refractivity (Wildman–Crippen MR) is 127 cm³/mol. The summed E-state index contributed by atoms with van der Waals surface area (Å²) in [4.78, 5) is 11.1. The van der Waals surface area contributed by atoms with Crippen LogP contribution in [-0.4, -0.2) is 18.4 Å². The SMILES string of the molecule is [CH3][Sn]([CH3])([CH3])[c]1ccc(-c2ccc(N(c3ccccc3)c3ccccc3)cc2)s1. The molecule has 0 aliphatic heterocycles. The average Bonchev–Trinajstić information content (AvgIpc) is 3.21. The average molecular weight is 490 g/mol. The molecule has 0 saturated heterocycles. The molecule has 0 aliphatic carbocycles. The molecule has 0 radical (unpaired) electrons. The van der Waals surface area contributed by atoms with Gasteiger partial charge >= 0.3 is 177 Å². The fourth-order valence-corrected chi connectivity index (χ4v) is 9.57. The van der Waals surface area contributed by atoms with E-state index in [0.717, 1.165) is 0 Å². The van der Waals surface area contributed by atoms with Crippen LogP contribution in [0.5, 0.6) is 0 Å². The van der Waals surface area contributed by atoms with Gasteiger partial charge in [0.25, 0.3) is 0 Å². The van der Waals surface area contributed by atoms with Gasteiger partial charge in [0.15, 0.2) is 0 Å². The molecule has 0 bridgehead atoms. The topological polar surface area (TPSA) is 3.24 Å². The summed E-state index contributed by atoms with van der Waals surface area (Å²) in [6, 6.07) is 34.7. The fourth-order valence-electron chi connectivity index (χ4n) is 3.27. The summed E-state index contributed by atoms with van der Waals surface area (Å²) >= 11 is -0.0132. The summed E-state index contributed by atoms with van der Waals surface area (Å²) in [6.07, 6.45) is 0. The van der Waals surface area contributed by atoms with E-state index < -0.39 is 18.4 Å². The third kappa shape index (κ3) is 4.18. The summed E-state index contributed by atoms with van der Waals surface area (Å²) in [5.41, 5.74) is 4.81. The number of anilines is 3. The molecule has 0 saturated carbocycles. The van der Waals surface area contributed by atoms with Gasteiger partial charge in [0, 0.05) is 0 Å². The van der Waals surface area contributed by atoms with E-state index in [0.29, 0.717) is 0 Å². The van der Waals surface area contributed by atoms with Crippen molar-refractivity contribution in [1.82, 2.24) is 0 Å². The molecule has 0 fully saturated rings. The molecule has 0 amide bonds. The van der Waals surface area contributed by atoms with Crippen molar-refractivity contribution in [3.8, 4) is 10.4 Å². The summed E-state index contributed by atoms with van der Waals surface area (Å²) in [6.45, 7) is 0. The Balaban J connectivity index is 1.70. The Hall–Kier alpha value is -2.04. The van der Waals surface area contributed by atoms with Crippen molar-refractivity contribution >= 4 is 49.7 Å². The number of para-hydroxylation sites is 2. The normalized spacial score (nSPS) is 11.4. The number of benzene rings is 3. The molecule has 0 unspecified atom stereocenters. The summed E-state index contributed by atoms with van der Waals surface area (Å²) < 4.78 is 1.63. The molecule has 1 heterocycles. The molecule has 1 aromatic heterocycles. The number of thiophene rings is 1. The first-order chi connectivity index (χ1) is 13.5. The number of rotatable bonds is 5. The van der Waals surface area contributed by atoms with Crippen LogP contribution in [0, 0.1) is 0 Å². The van der Waals surface area contributed by atoms with Gasteiger partial charge in [-0.1, -0.05) is 0 Å². The first-order valence-corrected chi connectivity index (χ1v) is 20.4. The first kappa shape index (κ1) is 19.3. The molecule has 4 rings (SSSR count). The molecule has 0 N–H and O–H groups in total. The monoisotopic (exact) mass is 491 g/mol. The van der Waals surface area contributed by atoms with Crippen molar-refractivity contribution in [2.45, 2.75) is 14.8 Å². The molecule has 3 aromatic carbocycles. The summed E-state index contributed by atoms with van der Waals surface area (Å²) in [7, 11) is 0. The summed E-state index contributed by atoms with van der Waals surface area (Å²) in [5, 5.41) is 0. The molecular weight excluding hydrogens is 465 g/mol. The van der Waals surface area contributed by atoms with Crippen molar-refractivity contribution in [3.05, 3.63) is 97.1 Å². The van der Waals surface area contributed by atoms with Crippen LogP contribution in [0.4, 0.5) is 17.1 Å². The van der Waals surface area contributed by atoms with Gasteiger partial charge in [-0.05, 0) is 0 Å². The van der Waals surface area contributed by atoms with E-state index >= 15 is 0 Å². The first-order valence-electron chi connectivity index (χ1n) is 9.63. The van der Waals surface area contributed by atoms with Gasteiger partial charge < -0.3 is 0 Å². The fraction of sp³-hybridized carbons (Fsp3) is 0.120. The minimum absolute atomic E-state index is 1.17. The van der Waals surface area contributed by atoms with Crippen LogP contribution in [0.1, 0.15) is 0 Å². The van der Waals surface area contributed by atoms with Gasteiger partial charge in [-0.2, -0.15) is 0 Å². The molecular formula is C25H25NSSn. The van der Waals surface area contributed by atoms with Gasteiger partial charge in [-0.15, -0.1) is 0 Å². The van der Waals surface area contributed by atoms with Gasteiger partial charge in [0.05, 0.1) is 0 Å². The molecule has 0 aliphatic rings. The van der Waals surface area contributed by atoms with E-state index in [-0.39, 0.29) is 0 Å². The second-order valence-electron chi connectivity index (χ2n) is 7.97. The maximum atomic E-state index is 2.48. The zero-order valence-corrected chi connectivity index (χ0v) is 20.3. The second-order valence-corrected chi connectivity index (χ2v) is 24.5. The van der Waals surface area contributed by atoms with Crippen molar-refractivity contribution in [2.75, 3.05) is 4.90 Å². The van der Waals surface area contributed by atoms with E-state index in [1.165, 1.54) is 27.5 Å². The van der Waals surface area contributed by atoms with Gasteiger partial charge in [0.1, 0.15) is 0 Å². The van der Waals surface area contributed by atoms with E-state index in [9.17, 15) is 0 Å². The van der Waals surface area contributed by atoms with Crippen LogP contribution >= 0.6 is 11.3 Å². The van der Waals surface area contributed by atoms with E-state index in [4.69, 9.17) is 0 Å². The van der Waals surface area contributed by atoms with Gasteiger partial charge in [-0.3, -0.25) is 0 Å². The van der Waals surface area contributed by atoms with Crippen LogP contribution in [-0.2, 0) is 0 Å². The van der Waals surface area contributed by atoms with Crippen LogP contribution < -0.4 is 7.79 Å². The Morgan fingerprint density at radius 3 is 1.54 bits per heavy atom. The molecule has 0 atom stereocenters. The van der Waals surface area contributed by atoms with Crippen LogP contribution in [0.3, 0.4) is 0 Å². The molecule has 3 heteroatoms. The standard InChI is InChI=1S/C22H16NS.3CH3.Sn/c1-3-8-19(9-4-1)23(20-10-5-2-6-11-20)21-15-13-18(14-16-21)22-12-7-17-24-22;;;;/h1-16H;3*1H3;. The maximum absolute atomic E-state index is 2.48. The van der Waals surface area contributed by atoms with E-state index in [2.05, 4.69) is 117 Å². The Morgan fingerprint density at radius 2 is 1.07 bits per heavy atom. The van der Waals surface area contributed by atoms with Crippen molar-refractivity contribution < 1.29 is 0 Å². The van der Waals surface area contributed by atoms with Crippen molar-refractivity contribution in [3.63, 3.8) is 0 Å². The molecule has 140 valence electrons. The molecule has 1 nitrogen and oxygen atoms in total. The zero-order valence-electron chi connectivity index (χ0n) is 16.6. The number of hydrogen-bond donors (Lipinski definition) is 0. The van der Waals surface area contributed by atoms with Crippen molar-refractivity contribution in [2.24, 2.45) is 0 Å². The van der Waals surface area contributed by atoms with E-state index in [1.807, 2.05) is 11.3 Å². The van der Waals surface area contributed by atoms with E-state index in [1.54, 1.807) is 2.89 Å². The number of nitrogens with zero attached hydrogens (tertiary/aromatic N) is 1. The van der Waals surface area contributed by atoms with Gasteiger partial charge in [0.2, 0.25) is 0 Å².